The number of rotatable bonds is 7. The number of nitrogens with one attached hydrogen (secondary N) is 2. The lowest BCUT2D eigenvalue weighted by molar-refractivity contribution is 0.0517. The van der Waals surface area contributed by atoms with Crippen molar-refractivity contribution in [3.63, 3.8) is 0 Å². The minimum Gasteiger partial charge on any atom is -0.444 e. The molecule has 0 bridgehead atoms. The van der Waals surface area contributed by atoms with Crippen molar-refractivity contribution >= 4 is 6.09 Å². The third-order valence-electron chi connectivity index (χ3n) is 4.45. The molecular formula is C17H35N3O2. The van der Waals surface area contributed by atoms with Gasteiger partial charge in [0.05, 0.1) is 0 Å². The van der Waals surface area contributed by atoms with E-state index >= 15 is 0 Å². The van der Waals surface area contributed by atoms with E-state index in [0.29, 0.717) is 30.3 Å². The first kappa shape index (κ1) is 19.2. The summed E-state index contributed by atoms with van der Waals surface area (Å²) in [5.74, 6) is 1.59. The Kier molecular flexibility index (Phi) is 7.63. The molecule has 0 aliphatic heterocycles. The van der Waals surface area contributed by atoms with Crippen LogP contribution in [0, 0.1) is 17.8 Å². The smallest absolute Gasteiger partial charge is 0.407 e. The first-order chi connectivity index (χ1) is 10.2. The highest BCUT2D eigenvalue weighted by Gasteiger charge is 2.28. The number of alkyl carbamates (subject to hydrolysis) is 1. The highest BCUT2D eigenvalue weighted by molar-refractivity contribution is 5.67. The molecule has 0 heterocycles. The summed E-state index contributed by atoms with van der Waals surface area (Å²) in [5.41, 5.74) is 5.40. The second-order valence-electron chi connectivity index (χ2n) is 7.83. The average Bonchev–Trinajstić information content (AvgIpc) is 2.82. The molecule has 4 N–H and O–H groups in total. The molecule has 5 nitrogen and oxygen atoms in total. The summed E-state index contributed by atoms with van der Waals surface area (Å²) in [6.45, 7) is 12.4. The van der Waals surface area contributed by atoms with Crippen molar-refractivity contribution in [1.29, 1.82) is 0 Å². The Labute approximate surface area is 135 Å². The van der Waals surface area contributed by atoms with Gasteiger partial charge in [0.15, 0.2) is 0 Å². The maximum atomic E-state index is 11.8. The molecule has 0 spiro atoms. The van der Waals surface area contributed by atoms with Crippen molar-refractivity contribution in [1.82, 2.24) is 10.6 Å². The lowest BCUT2D eigenvalue weighted by Crippen LogP contribution is -2.43. The highest BCUT2D eigenvalue weighted by atomic mass is 16.6. The van der Waals surface area contributed by atoms with Crippen LogP contribution in [0.4, 0.5) is 4.79 Å². The minimum absolute atomic E-state index is 0.319. The molecule has 0 saturated heterocycles. The molecule has 0 aromatic heterocycles. The summed E-state index contributed by atoms with van der Waals surface area (Å²) in [7, 11) is 0. The lowest BCUT2D eigenvalue weighted by atomic mass is 9.95. The Bertz CT molecular complexity index is 339. The van der Waals surface area contributed by atoms with Crippen LogP contribution in [0.2, 0.25) is 0 Å². The van der Waals surface area contributed by atoms with Gasteiger partial charge < -0.3 is 21.1 Å². The van der Waals surface area contributed by atoms with Gasteiger partial charge in [-0.05, 0) is 64.5 Å². The van der Waals surface area contributed by atoms with Gasteiger partial charge in [0.1, 0.15) is 5.60 Å². The van der Waals surface area contributed by atoms with E-state index in [2.05, 4.69) is 24.5 Å². The van der Waals surface area contributed by atoms with Crippen molar-refractivity contribution in [2.75, 3.05) is 19.6 Å². The Morgan fingerprint density at radius 2 is 2.00 bits per heavy atom. The quantitative estimate of drug-likeness (QED) is 0.675. The molecule has 1 aliphatic carbocycles. The summed E-state index contributed by atoms with van der Waals surface area (Å²) in [6.07, 6.45) is 3.23. The van der Waals surface area contributed by atoms with Gasteiger partial charge >= 0.3 is 6.09 Å². The molecule has 3 atom stereocenters. The van der Waals surface area contributed by atoms with Crippen molar-refractivity contribution in [2.24, 2.45) is 23.5 Å². The number of nitrogens with two attached hydrogens (primary N) is 1. The van der Waals surface area contributed by atoms with Crippen LogP contribution in [0.3, 0.4) is 0 Å². The van der Waals surface area contributed by atoms with Crippen LogP contribution in [0.1, 0.15) is 53.9 Å². The zero-order chi connectivity index (χ0) is 16.8. The molecule has 1 amide bonds. The fourth-order valence-electron chi connectivity index (χ4n) is 2.97. The minimum atomic E-state index is -0.441. The third-order valence-corrected chi connectivity index (χ3v) is 4.45. The van der Waals surface area contributed by atoms with Crippen molar-refractivity contribution < 1.29 is 9.53 Å². The number of hydrogen-bond acceptors (Lipinski definition) is 4. The van der Waals surface area contributed by atoms with Crippen LogP contribution < -0.4 is 16.4 Å². The summed E-state index contributed by atoms with van der Waals surface area (Å²) in [6, 6.07) is 0.475. The monoisotopic (exact) mass is 313 g/mol. The van der Waals surface area contributed by atoms with Gasteiger partial charge in [0.2, 0.25) is 0 Å². The molecule has 1 saturated carbocycles. The van der Waals surface area contributed by atoms with E-state index < -0.39 is 5.60 Å². The van der Waals surface area contributed by atoms with Crippen molar-refractivity contribution in [3.05, 3.63) is 0 Å². The van der Waals surface area contributed by atoms with Gasteiger partial charge in [-0.15, -0.1) is 0 Å². The topological polar surface area (TPSA) is 76.4 Å². The largest absolute Gasteiger partial charge is 0.444 e. The molecule has 0 aromatic rings. The van der Waals surface area contributed by atoms with Gasteiger partial charge in [-0.3, -0.25) is 0 Å². The van der Waals surface area contributed by atoms with E-state index in [-0.39, 0.29) is 6.09 Å². The Morgan fingerprint density at radius 1 is 1.32 bits per heavy atom. The third kappa shape index (κ3) is 6.97. The van der Waals surface area contributed by atoms with Crippen molar-refractivity contribution in [2.45, 2.75) is 65.5 Å². The van der Waals surface area contributed by atoms with Crippen LogP contribution in [-0.4, -0.2) is 37.4 Å². The average molecular weight is 313 g/mol. The second-order valence-corrected chi connectivity index (χ2v) is 7.83. The van der Waals surface area contributed by atoms with Gasteiger partial charge in [-0.2, -0.15) is 0 Å². The zero-order valence-corrected chi connectivity index (χ0v) is 14.9. The number of ether oxygens (including phenoxy) is 1. The van der Waals surface area contributed by atoms with E-state index in [4.69, 9.17) is 10.5 Å². The molecule has 3 unspecified atom stereocenters. The number of hydrogen-bond donors (Lipinski definition) is 3. The van der Waals surface area contributed by atoms with Gasteiger partial charge in [-0.1, -0.05) is 20.3 Å². The zero-order valence-electron chi connectivity index (χ0n) is 14.9. The highest BCUT2D eigenvalue weighted by Crippen LogP contribution is 2.25. The molecule has 1 aliphatic rings. The first-order valence-corrected chi connectivity index (χ1v) is 8.63. The SMILES string of the molecule is CC(C)C(CN)CNC1CCCC1CNC(=O)OC(C)(C)C. The Hall–Kier alpha value is -0.810. The van der Waals surface area contributed by atoms with E-state index in [1.165, 1.54) is 12.8 Å². The predicted molar refractivity (Wildman–Crippen MR) is 90.8 cm³/mol. The van der Waals surface area contributed by atoms with Crippen LogP contribution in [0.5, 0.6) is 0 Å². The normalized spacial score (nSPS) is 23.6. The molecule has 22 heavy (non-hydrogen) atoms. The van der Waals surface area contributed by atoms with Crippen LogP contribution in [0.25, 0.3) is 0 Å². The molecule has 5 heteroatoms. The van der Waals surface area contributed by atoms with E-state index in [0.717, 1.165) is 19.5 Å². The van der Waals surface area contributed by atoms with Gasteiger partial charge in [-0.25, -0.2) is 4.79 Å². The Balaban J connectivity index is 2.35. The number of carbonyl (C=O) groups excluding carboxylic acids is 1. The molecule has 0 aromatic carbocycles. The van der Waals surface area contributed by atoms with Crippen molar-refractivity contribution in [3.8, 4) is 0 Å². The lowest BCUT2D eigenvalue weighted by Gasteiger charge is -2.26. The first-order valence-electron chi connectivity index (χ1n) is 8.63. The standard InChI is InChI=1S/C17H35N3O2/c1-12(2)14(9-18)11-19-15-8-6-7-13(15)10-20-16(21)22-17(3,4)5/h12-15,19H,6-11,18H2,1-5H3,(H,20,21). The molecular weight excluding hydrogens is 278 g/mol. The maximum absolute atomic E-state index is 11.8. The van der Waals surface area contributed by atoms with Crippen LogP contribution in [-0.2, 0) is 4.74 Å². The number of amides is 1. The summed E-state index contributed by atoms with van der Waals surface area (Å²) >= 11 is 0. The van der Waals surface area contributed by atoms with Crippen LogP contribution in [0.15, 0.2) is 0 Å². The maximum Gasteiger partial charge on any atom is 0.407 e. The fourth-order valence-corrected chi connectivity index (χ4v) is 2.97. The second kappa shape index (κ2) is 8.73. The molecule has 0 radical (unpaired) electrons. The Morgan fingerprint density at radius 3 is 2.55 bits per heavy atom. The summed E-state index contributed by atoms with van der Waals surface area (Å²) in [4.78, 5) is 11.8. The molecule has 1 rings (SSSR count). The predicted octanol–water partition coefficient (Wildman–Crippen LogP) is 2.50. The number of carbonyl (C=O) groups is 1. The van der Waals surface area contributed by atoms with E-state index in [1.54, 1.807) is 0 Å². The molecule has 1 fully saturated rings. The van der Waals surface area contributed by atoms with Crippen LogP contribution >= 0.6 is 0 Å². The van der Waals surface area contributed by atoms with E-state index in [9.17, 15) is 4.79 Å². The molecule has 130 valence electrons. The summed E-state index contributed by atoms with van der Waals surface area (Å²) in [5, 5.41) is 6.57. The van der Waals surface area contributed by atoms with E-state index in [1.807, 2.05) is 20.8 Å². The van der Waals surface area contributed by atoms with Gasteiger partial charge in [0, 0.05) is 12.6 Å². The van der Waals surface area contributed by atoms with Gasteiger partial charge in [0.25, 0.3) is 0 Å². The fraction of sp³-hybridized carbons (Fsp3) is 0.941. The summed E-state index contributed by atoms with van der Waals surface area (Å²) < 4.78 is 5.29.